The van der Waals surface area contributed by atoms with Crippen molar-refractivity contribution in [3.05, 3.63) is 94.8 Å². The van der Waals surface area contributed by atoms with E-state index < -0.39 is 5.25 Å². The van der Waals surface area contributed by atoms with Crippen LogP contribution >= 0.6 is 23.4 Å². The number of aromatic hydroxyl groups is 1. The lowest BCUT2D eigenvalue weighted by molar-refractivity contribution is -0.120. The van der Waals surface area contributed by atoms with E-state index in [4.69, 9.17) is 11.6 Å². The Hall–Kier alpha value is -3.82. The molecule has 3 N–H and O–H groups in total. The molecule has 0 aliphatic rings. The predicted octanol–water partition coefficient (Wildman–Crippen LogP) is 5.18. The number of hydrazone groups is 1. The van der Waals surface area contributed by atoms with Crippen LogP contribution in [0, 0.1) is 6.92 Å². The standard InChI is InChI=1S/C26H25ClN6O2S/c1-17-14-20(27)10-13-23(17)28-16-24-30-32-26(33(24)21-6-4-3-5-7-21)36-18(2)25(35)31-29-15-19-8-11-22(34)12-9-19/h3-15,18,28,34H,16H2,1-2H3,(H,31,35)/b29-15+/t18-/m1/s1. The second kappa shape index (κ2) is 11.7. The van der Waals surface area contributed by atoms with Crippen molar-refractivity contribution >= 4 is 41.2 Å². The minimum Gasteiger partial charge on any atom is -0.508 e. The van der Waals surface area contributed by atoms with Crippen molar-refractivity contribution in [3.8, 4) is 11.4 Å². The quantitative estimate of drug-likeness (QED) is 0.160. The molecule has 0 aliphatic heterocycles. The van der Waals surface area contributed by atoms with Gasteiger partial charge in [-0.05, 0) is 79.6 Å². The molecule has 4 aromatic rings. The Morgan fingerprint density at radius 2 is 1.89 bits per heavy atom. The van der Waals surface area contributed by atoms with Crippen LogP contribution in [-0.4, -0.2) is 37.2 Å². The topological polar surface area (TPSA) is 104 Å². The van der Waals surface area contributed by atoms with Gasteiger partial charge in [-0.2, -0.15) is 5.10 Å². The van der Waals surface area contributed by atoms with Crippen LogP contribution in [0.3, 0.4) is 0 Å². The molecule has 0 unspecified atom stereocenters. The molecule has 1 aromatic heterocycles. The van der Waals surface area contributed by atoms with Crippen LogP contribution in [0.5, 0.6) is 5.75 Å². The fraction of sp³-hybridized carbons (Fsp3) is 0.154. The third-order valence-corrected chi connectivity index (χ3v) is 6.55. The Morgan fingerprint density at radius 3 is 2.61 bits per heavy atom. The number of phenolic OH excluding ortho intramolecular Hbond substituents is 1. The summed E-state index contributed by atoms with van der Waals surface area (Å²) >= 11 is 7.37. The lowest BCUT2D eigenvalue weighted by Crippen LogP contribution is -2.27. The minimum atomic E-state index is -0.479. The minimum absolute atomic E-state index is 0.168. The highest BCUT2D eigenvalue weighted by atomic mass is 35.5. The fourth-order valence-corrected chi connectivity index (χ4v) is 4.47. The lowest BCUT2D eigenvalue weighted by atomic mass is 10.2. The summed E-state index contributed by atoms with van der Waals surface area (Å²) in [5.74, 6) is 0.603. The number of phenols is 1. The van der Waals surface area contributed by atoms with Crippen molar-refractivity contribution in [1.82, 2.24) is 20.2 Å². The van der Waals surface area contributed by atoms with Crippen molar-refractivity contribution in [3.63, 3.8) is 0 Å². The lowest BCUT2D eigenvalue weighted by Gasteiger charge is -2.14. The van der Waals surface area contributed by atoms with Crippen molar-refractivity contribution in [2.45, 2.75) is 30.8 Å². The number of carbonyl (C=O) groups excluding carboxylic acids is 1. The molecule has 4 rings (SSSR count). The van der Waals surface area contributed by atoms with Gasteiger partial charge in [-0.25, -0.2) is 5.43 Å². The van der Waals surface area contributed by atoms with Gasteiger partial charge in [0.2, 0.25) is 0 Å². The molecule has 0 spiro atoms. The Bertz CT molecular complexity index is 1360. The molecule has 1 atom stereocenters. The van der Waals surface area contributed by atoms with Gasteiger partial charge in [0, 0.05) is 16.4 Å². The fourth-order valence-electron chi connectivity index (χ4n) is 3.36. The summed E-state index contributed by atoms with van der Waals surface area (Å²) in [6.45, 7) is 4.21. The molecular formula is C26H25ClN6O2S. The number of benzene rings is 3. The summed E-state index contributed by atoms with van der Waals surface area (Å²) < 4.78 is 1.94. The first-order chi connectivity index (χ1) is 17.4. The van der Waals surface area contributed by atoms with E-state index in [2.05, 4.69) is 26.0 Å². The molecule has 0 saturated heterocycles. The van der Waals surface area contributed by atoms with E-state index >= 15 is 0 Å². The predicted molar refractivity (Wildman–Crippen MR) is 144 cm³/mol. The Kier molecular flexibility index (Phi) is 8.24. The Balaban J connectivity index is 1.48. The highest BCUT2D eigenvalue weighted by Gasteiger charge is 2.21. The van der Waals surface area contributed by atoms with Gasteiger partial charge in [-0.3, -0.25) is 9.36 Å². The van der Waals surface area contributed by atoms with Gasteiger partial charge in [0.05, 0.1) is 18.0 Å². The average Bonchev–Trinajstić information content (AvgIpc) is 3.27. The zero-order chi connectivity index (χ0) is 25.5. The number of halogens is 1. The van der Waals surface area contributed by atoms with Crippen LogP contribution in [-0.2, 0) is 11.3 Å². The SMILES string of the molecule is Cc1cc(Cl)ccc1NCc1nnc(S[C@H](C)C(=O)N/N=C/c2ccc(O)cc2)n1-c1ccccc1. The van der Waals surface area contributed by atoms with Gasteiger partial charge >= 0.3 is 0 Å². The summed E-state index contributed by atoms with van der Waals surface area (Å²) in [4.78, 5) is 12.7. The molecular weight excluding hydrogens is 496 g/mol. The molecule has 36 heavy (non-hydrogen) atoms. The summed E-state index contributed by atoms with van der Waals surface area (Å²) in [5, 5.41) is 26.3. The van der Waals surface area contributed by atoms with Gasteiger partial charge in [-0.1, -0.05) is 41.6 Å². The van der Waals surface area contributed by atoms with Crippen LogP contribution in [0.15, 0.2) is 83.1 Å². The number of thioether (sulfide) groups is 1. The van der Waals surface area contributed by atoms with E-state index in [1.165, 1.54) is 18.0 Å². The number of aryl methyl sites for hydroxylation is 1. The van der Waals surface area contributed by atoms with E-state index in [9.17, 15) is 9.90 Å². The maximum atomic E-state index is 12.7. The second-order valence-corrected chi connectivity index (χ2v) is 9.71. The molecule has 10 heteroatoms. The molecule has 0 aliphatic carbocycles. The smallest absolute Gasteiger partial charge is 0.253 e. The molecule has 8 nitrogen and oxygen atoms in total. The molecule has 0 radical (unpaired) electrons. The van der Waals surface area contributed by atoms with Crippen molar-refractivity contribution < 1.29 is 9.90 Å². The highest BCUT2D eigenvalue weighted by Crippen LogP contribution is 2.27. The maximum absolute atomic E-state index is 12.7. The summed E-state index contributed by atoms with van der Waals surface area (Å²) in [6.07, 6.45) is 1.52. The number of amides is 1. The molecule has 3 aromatic carbocycles. The third kappa shape index (κ3) is 6.44. The number of nitrogens with one attached hydrogen (secondary N) is 2. The first-order valence-corrected chi connectivity index (χ1v) is 12.4. The normalized spacial score (nSPS) is 12.0. The molecule has 1 heterocycles. The molecule has 0 saturated carbocycles. The van der Waals surface area contributed by atoms with Gasteiger partial charge in [0.15, 0.2) is 11.0 Å². The summed E-state index contributed by atoms with van der Waals surface area (Å²) in [6, 6.07) is 21.9. The second-order valence-electron chi connectivity index (χ2n) is 7.97. The number of hydrogen-bond donors (Lipinski definition) is 3. The van der Waals surface area contributed by atoms with Gasteiger partial charge in [0.25, 0.3) is 5.91 Å². The van der Waals surface area contributed by atoms with Crippen LogP contribution < -0.4 is 10.7 Å². The first-order valence-electron chi connectivity index (χ1n) is 11.2. The number of hydrogen-bond acceptors (Lipinski definition) is 7. The van der Waals surface area contributed by atoms with Crippen LogP contribution in [0.4, 0.5) is 5.69 Å². The summed E-state index contributed by atoms with van der Waals surface area (Å²) in [5.41, 5.74) is 6.19. The number of aromatic nitrogens is 3. The first kappa shape index (κ1) is 25.3. The number of carbonyl (C=O) groups is 1. The zero-order valence-electron chi connectivity index (χ0n) is 19.7. The third-order valence-electron chi connectivity index (χ3n) is 5.27. The number of para-hydroxylation sites is 1. The maximum Gasteiger partial charge on any atom is 0.253 e. The number of nitrogens with zero attached hydrogens (tertiary/aromatic N) is 4. The van der Waals surface area contributed by atoms with Crippen LogP contribution in [0.1, 0.15) is 23.9 Å². The Labute approximate surface area is 218 Å². The van der Waals surface area contributed by atoms with E-state index in [0.717, 1.165) is 22.5 Å². The number of anilines is 1. The largest absolute Gasteiger partial charge is 0.508 e. The van der Waals surface area contributed by atoms with Gasteiger partial charge < -0.3 is 10.4 Å². The molecule has 1 amide bonds. The van der Waals surface area contributed by atoms with E-state index in [1.54, 1.807) is 31.2 Å². The Morgan fingerprint density at radius 1 is 1.14 bits per heavy atom. The van der Waals surface area contributed by atoms with Gasteiger partial charge in [0.1, 0.15) is 5.75 Å². The molecule has 0 bridgehead atoms. The van der Waals surface area contributed by atoms with Crippen LogP contribution in [0.25, 0.3) is 5.69 Å². The van der Waals surface area contributed by atoms with Crippen molar-refractivity contribution in [2.75, 3.05) is 5.32 Å². The number of rotatable bonds is 9. The zero-order valence-corrected chi connectivity index (χ0v) is 21.3. The van der Waals surface area contributed by atoms with E-state index in [0.29, 0.717) is 22.5 Å². The monoisotopic (exact) mass is 520 g/mol. The van der Waals surface area contributed by atoms with Crippen LogP contribution in [0.2, 0.25) is 5.02 Å². The molecule has 0 fully saturated rings. The highest BCUT2D eigenvalue weighted by molar-refractivity contribution is 8.00. The van der Waals surface area contributed by atoms with Gasteiger partial charge in [-0.15, -0.1) is 10.2 Å². The summed E-state index contributed by atoms with van der Waals surface area (Å²) in [7, 11) is 0. The van der Waals surface area contributed by atoms with Crippen molar-refractivity contribution in [2.24, 2.45) is 5.10 Å². The van der Waals surface area contributed by atoms with E-state index in [1.807, 2.05) is 60.0 Å². The molecule has 184 valence electrons. The van der Waals surface area contributed by atoms with E-state index in [-0.39, 0.29) is 11.7 Å². The van der Waals surface area contributed by atoms with Crippen molar-refractivity contribution in [1.29, 1.82) is 0 Å². The average molecular weight is 521 g/mol.